The van der Waals surface area contributed by atoms with Gasteiger partial charge in [0.15, 0.2) is 5.82 Å². The standard InChI is InChI=1S/C23H21FN6O3/c1-14-11-15(7-8-25-14)20-19(24)22(33-16-5-4-9-29(13-16)23(31)32)28-21(27-20)17-12-26-30-10-3-2-6-18(17)30/h2-3,6-8,10-12,16H,4-5,9,13H2,1H3,(H,31,32)/t16-/m1/s1. The van der Waals surface area contributed by atoms with Gasteiger partial charge in [0.1, 0.15) is 11.8 Å². The molecule has 0 radical (unpaired) electrons. The van der Waals surface area contributed by atoms with E-state index in [0.717, 1.165) is 11.2 Å². The molecule has 0 unspecified atom stereocenters. The van der Waals surface area contributed by atoms with Gasteiger partial charge in [-0.05, 0) is 44.0 Å². The number of hydrogen-bond acceptors (Lipinski definition) is 6. The molecule has 9 nitrogen and oxygen atoms in total. The number of aryl methyl sites for hydroxylation is 1. The minimum atomic E-state index is -1.02. The van der Waals surface area contributed by atoms with Crippen LogP contribution in [0, 0.1) is 12.7 Å². The molecule has 1 saturated heterocycles. The van der Waals surface area contributed by atoms with E-state index in [4.69, 9.17) is 4.74 Å². The summed E-state index contributed by atoms with van der Waals surface area (Å²) < 4.78 is 23.2. The van der Waals surface area contributed by atoms with Crippen molar-refractivity contribution in [1.82, 2.24) is 29.5 Å². The van der Waals surface area contributed by atoms with Crippen LogP contribution in [0.1, 0.15) is 18.5 Å². The summed E-state index contributed by atoms with van der Waals surface area (Å²) >= 11 is 0. The Morgan fingerprint density at radius 1 is 1.27 bits per heavy atom. The molecule has 0 spiro atoms. The molecule has 0 saturated carbocycles. The monoisotopic (exact) mass is 448 g/mol. The van der Waals surface area contributed by atoms with Crippen LogP contribution in [0.3, 0.4) is 0 Å². The van der Waals surface area contributed by atoms with Crippen molar-refractivity contribution in [3.05, 3.63) is 60.4 Å². The Labute approximate surface area is 188 Å². The van der Waals surface area contributed by atoms with Crippen LogP contribution in [0.2, 0.25) is 0 Å². The predicted octanol–water partition coefficient (Wildman–Crippen LogP) is 3.82. The average Bonchev–Trinajstić information content (AvgIpc) is 3.25. The number of likely N-dealkylation sites (tertiary alicyclic amines) is 1. The van der Waals surface area contributed by atoms with E-state index in [1.807, 2.05) is 25.1 Å². The molecule has 168 valence electrons. The van der Waals surface area contributed by atoms with E-state index in [0.29, 0.717) is 30.5 Å². The van der Waals surface area contributed by atoms with Gasteiger partial charge in [0.2, 0.25) is 5.82 Å². The summed E-state index contributed by atoms with van der Waals surface area (Å²) in [5, 5.41) is 13.6. The van der Waals surface area contributed by atoms with Crippen LogP contribution < -0.4 is 4.74 Å². The molecule has 1 N–H and O–H groups in total. The van der Waals surface area contributed by atoms with Crippen molar-refractivity contribution in [3.63, 3.8) is 0 Å². The second kappa shape index (κ2) is 8.45. The van der Waals surface area contributed by atoms with Gasteiger partial charge in [0, 0.05) is 30.2 Å². The number of fused-ring (bicyclic) bond motifs is 1. The summed E-state index contributed by atoms with van der Waals surface area (Å²) in [4.78, 5) is 25.7. The summed E-state index contributed by atoms with van der Waals surface area (Å²) in [6, 6.07) is 9.01. The van der Waals surface area contributed by atoms with E-state index in [1.54, 1.807) is 35.2 Å². The average molecular weight is 448 g/mol. The van der Waals surface area contributed by atoms with Crippen molar-refractivity contribution in [2.24, 2.45) is 0 Å². The zero-order valence-electron chi connectivity index (χ0n) is 17.8. The van der Waals surface area contributed by atoms with Crippen molar-refractivity contribution in [3.8, 4) is 28.5 Å². The van der Waals surface area contributed by atoms with Crippen LogP contribution in [0.15, 0.2) is 48.9 Å². The van der Waals surface area contributed by atoms with Gasteiger partial charge >= 0.3 is 6.09 Å². The van der Waals surface area contributed by atoms with Gasteiger partial charge in [-0.15, -0.1) is 0 Å². The van der Waals surface area contributed by atoms with E-state index in [9.17, 15) is 9.90 Å². The van der Waals surface area contributed by atoms with Gasteiger partial charge < -0.3 is 14.7 Å². The molecule has 0 bridgehead atoms. The summed E-state index contributed by atoms with van der Waals surface area (Å²) in [5.74, 6) is -0.645. The van der Waals surface area contributed by atoms with E-state index in [2.05, 4.69) is 20.1 Å². The highest BCUT2D eigenvalue weighted by molar-refractivity contribution is 5.77. The molecule has 10 heteroatoms. The largest absolute Gasteiger partial charge is 0.470 e. The highest BCUT2D eigenvalue weighted by Crippen LogP contribution is 2.32. The number of carboxylic acid groups (broad SMARTS) is 1. The second-order valence-electron chi connectivity index (χ2n) is 7.90. The fourth-order valence-electron chi connectivity index (χ4n) is 3.98. The lowest BCUT2D eigenvalue weighted by Crippen LogP contribution is -2.43. The first-order valence-corrected chi connectivity index (χ1v) is 10.6. The highest BCUT2D eigenvalue weighted by Gasteiger charge is 2.28. The second-order valence-corrected chi connectivity index (χ2v) is 7.90. The third-order valence-electron chi connectivity index (χ3n) is 5.59. The van der Waals surface area contributed by atoms with Crippen molar-refractivity contribution >= 4 is 11.6 Å². The molecule has 1 aliphatic rings. The maximum atomic E-state index is 15.6. The van der Waals surface area contributed by atoms with E-state index in [-0.39, 0.29) is 23.9 Å². The number of rotatable bonds is 4. The molecular formula is C23H21FN6O3. The summed E-state index contributed by atoms with van der Waals surface area (Å²) in [6.45, 7) is 2.39. The Hall–Kier alpha value is -4.08. The minimum Gasteiger partial charge on any atom is -0.470 e. The quantitative estimate of drug-likeness (QED) is 0.506. The van der Waals surface area contributed by atoms with Crippen LogP contribution in [0.5, 0.6) is 5.88 Å². The summed E-state index contributed by atoms with van der Waals surface area (Å²) in [5.41, 5.74) is 2.74. The Kier molecular flexibility index (Phi) is 5.33. The van der Waals surface area contributed by atoms with Crippen molar-refractivity contribution in [2.75, 3.05) is 13.1 Å². The van der Waals surface area contributed by atoms with Crippen LogP contribution in [-0.2, 0) is 0 Å². The van der Waals surface area contributed by atoms with E-state index in [1.165, 1.54) is 4.90 Å². The predicted molar refractivity (Wildman–Crippen MR) is 117 cm³/mol. The fraction of sp³-hybridized carbons (Fsp3) is 0.261. The molecule has 1 aliphatic heterocycles. The van der Waals surface area contributed by atoms with Gasteiger partial charge in [-0.3, -0.25) is 4.98 Å². The highest BCUT2D eigenvalue weighted by atomic mass is 19.1. The smallest absolute Gasteiger partial charge is 0.407 e. The Bertz CT molecular complexity index is 1340. The number of aromatic nitrogens is 5. The molecule has 4 aromatic heterocycles. The van der Waals surface area contributed by atoms with Gasteiger partial charge in [-0.1, -0.05) is 6.07 Å². The molecule has 1 fully saturated rings. The maximum Gasteiger partial charge on any atom is 0.407 e. The Morgan fingerprint density at radius 2 is 2.15 bits per heavy atom. The van der Waals surface area contributed by atoms with Crippen molar-refractivity contribution < 1.29 is 19.0 Å². The molecule has 0 aromatic carbocycles. The Morgan fingerprint density at radius 3 is 2.97 bits per heavy atom. The number of carbonyl (C=O) groups is 1. The zero-order chi connectivity index (χ0) is 22.9. The molecule has 1 atom stereocenters. The van der Waals surface area contributed by atoms with Crippen LogP contribution in [0.25, 0.3) is 28.2 Å². The topological polar surface area (TPSA) is 106 Å². The number of nitrogens with zero attached hydrogens (tertiary/aromatic N) is 6. The summed E-state index contributed by atoms with van der Waals surface area (Å²) in [6.07, 6.45) is 4.71. The lowest BCUT2D eigenvalue weighted by atomic mass is 10.1. The van der Waals surface area contributed by atoms with Crippen molar-refractivity contribution in [1.29, 1.82) is 0 Å². The molecule has 1 amide bonds. The number of amides is 1. The van der Waals surface area contributed by atoms with Crippen LogP contribution in [-0.4, -0.2) is 59.9 Å². The zero-order valence-corrected chi connectivity index (χ0v) is 17.8. The number of piperidine rings is 1. The van der Waals surface area contributed by atoms with Gasteiger partial charge in [-0.2, -0.15) is 14.5 Å². The SMILES string of the molecule is Cc1cc(-c2nc(-c3cnn4ccccc34)nc(O[C@@H]3CCCN(C(=O)O)C3)c2F)ccn1. The van der Waals surface area contributed by atoms with Crippen LogP contribution >= 0.6 is 0 Å². The number of halogens is 1. The molecule has 4 aromatic rings. The number of hydrogen-bond donors (Lipinski definition) is 1. The third kappa shape index (κ3) is 4.07. The molecule has 5 heterocycles. The Balaban J connectivity index is 1.61. The molecular weight excluding hydrogens is 427 g/mol. The van der Waals surface area contributed by atoms with Gasteiger partial charge in [0.05, 0.1) is 23.8 Å². The number of pyridine rings is 2. The van der Waals surface area contributed by atoms with Crippen molar-refractivity contribution in [2.45, 2.75) is 25.9 Å². The first kappa shape index (κ1) is 20.8. The van der Waals surface area contributed by atoms with Gasteiger partial charge in [0.25, 0.3) is 5.88 Å². The summed E-state index contributed by atoms with van der Waals surface area (Å²) in [7, 11) is 0. The molecule has 33 heavy (non-hydrogen) atoms. The molecule has 5 rings (SSSR count). The first-order valence-electron chi connectivity index (χ1n) is 10.6. The van der Waals surface area contributed by atoms with Crippen LogP contribution in [0.4, 0.5) is 9.18 Å². The number of ether oxygens (including phenoxy) is 1. The van der Waals surface area contributed by atoms with Gasteiger partial charge in [-0.25, -0.2) is 14.3 Å². The molecule has 0 aliphatic carbocycles. The lowest BCUT2D eigenvalue weighted by molar-refractivity contribution is 0.0743. The normalized spacial score (nSPS) is 16.2. The fourth-order valence-corrected chi connectivity index (χ4v) is 3.98. The van der Waals surface area contributed by atoms with E-state index >= 15 is 4.39 Å². The minimum absolute atomic E-state index is 0.0849. The third-order valence-corrected chi connectivity index (χ3v) is 5.59. The first-order chi connectivity index (χ1) is 16.0. The lowest BCUT2D eigenvalue weighted by Gasteiger charge is -2.30. The van der Waals surface area contributed by atoms with E-state index < -0.39 is 18.0 Å². The maximum absolute atomic E-state index is 15.6.